The molecule has 1 heterocycles. The van der Waals surface area contributed by atoms with E-state index in [1.54, 1.807) is 0 Å². The van der Waals surface area contributed by atoms with Crippen molar-refractivity contribution in [3.8, 4) is 0 Å². The number of rotatable bonds is 2. The molecule has 1 unspecified atom stereocenters. The molecule has 50 valence electrons. The van der Waals surface area contributed by atoms with E-state index < -0.39 is 25.8 Å². The lowest BCUT2D eigenvalue weighted by Gasteiger charge is -1.87. The zero-order valence-corrected chi connectivity index (χ0v) is 5.26. The van der Waals surface area contributed by atoms with Crippen LogP contribution in [0.3, 0.4) is 0 Å². The molecule has 0 radical (unpaired) electrons. The van der Waals surface area contributed by atoms with Crippen LogP contribution in [-0.2, 0) is 9.36 Å². The van der Waals surface area contributed by atoms with E-state index >= 15 is 0 Å². The number of carboxylic acid groups (broad SMARTS) is 1. The summed E-state index contributed by atoms with van der Waals surface area (Å²) in [5.74, 6) is -1.26. The van der Waals surface area contributed by atoms with Crippen molar-refractivity contribution in [3.63, 3.8) is 0 Å². The van der Waals surface area contributed by atoms with Gasteiger partial charge < -0.3 is 10.2 Å². The summed E-state index contributed by atoms with van der Waals surface area (Å²) >= 11 is 0. The van der Waals surface area contributed by atoms with Gasteiger partial charge in [0.2, 0.25) is 0 Å². The van der Waals surface area contributed by atoms with Crippen LogP contribution >= 0.6 is 7.95 Å². The second-order valence-electron chi connectivity index (χ2n) is 1.73. The number of carbonyl (C=O) groups is 1. The van der Waals surface area contributed by atoms with E-state index in [4.69, 9.17) is 10.2 Å². The third kappa shape index (κ3) is 0.738. The number of carboxylic acids is 1. The first-order chi connectivity index (χ1) is 4.13. The molecule has 0 aliphatic carbocycles. The van der Waals surface area contributed by atoms with Crippen LogP contribution < -0.4 is 5.09 Å². The lowest BCUT2D eigenvalue weighted by molar-refractivity contribution is -0.140. The highest BCUT2D eigenvalue weighted by molar-refractivity contribution is 7.53. The molecule has 0 aromatic rings. The van der Waals surface area contributed by atoms with Gasteiger partial charge in [-0.3, -0.25) is 0 Å². The number of hydrogen-bond acceptors (Lipinski definition) is 3. The number of aliphatic hydroxyl groups is 1. The second-order valence-corrected chi connectivity index (χ2v) is 3.31. The average Bonchev–Trinajstić information content (AvgIpc) is 2.43. The minimum absolute atomic E-state index is 0.614. The molecular weight excluding hydrogens is 145 g/mol. The van der Waals surface area contributed by atoms with Crippen LogP contribution in [0.5, 0.6) is 0 Å². The maximum Gasteiger partial charge on any atom is 0.478 e. The van der Waals surface area contributed by atoms with Crippen molar-refractivity contribution in [2.45, 2.75) is 5.28 Å². The molecule has 6 heteroatoms. The van der Waals surface area contributed by atoms with Gasteiger partial charge in [0.25, 0.3) is 0 Å². The Morgan fingerprint density at radius 2 is 2.22 bits per heavy atom. The Hall–Kier alpha value is -0.510. The fraction of sp³-hybridized carbons (Fsp3) is 0.667. The van der Waals surface area contributed by atoms with Crippen LogP contribution in [0.4, 0.5) is 0 Å². The van der Waals surface area contributed by atoms with Crippen LogP contribution in [-0.4, -0.2) is 28.1 Å². The fourth-order valence-electron chi connectivity index (χ4n) is 0.445. The summed E-state index contributed by atoms with van der Waals surface area (Å²) in [6, 6.07) is 0. The van der Waals surface area contributed by atoms with Gasteiger partial charge in [-0.15, -0.1) is 0 Å². The van der Waals surface area contributed by atoms with Gasteiger partial charge in [0.05, 0.1) is 0 Å². The summed E-state index contributed by atoms with van der Waals surface area (Å²) in [7, 11) is -1.91. The van der Waals surface area contributed by atoms with Crippen LogP contribution in [0.15, 0.2) is 0 Å². The second kappa shape index (κ2) is 1.73. The SMILES string of the molecule is O=C(O)[C@]1(CO)N[P+]1=O. The first-order valence-electron chi connectivity index (χ1n) is 2.23. The highest BCUT2D eigenvalue weighted by atomic mass is 31.1. The van der Waals surface area contributed by atoms with Gasteiger partial charge in [0, 0.05) is 0 Å². The molecule has 0 saturated carbocycles. The Balaban J connectivity index is 2.74. The maximum atomic E-state index is 10.4. The Kier molecular flexibility index (Phi) is 1.27. The van der Waals surface area contributed by atoms with E-state index in [9.17, 15) is 9.36 Å². The largest absolute Gasteiger partial charge is 0.478 e. The fourth-order valence-corrected chi connectivity index (χ4v) is 1.32. The predicted octanol–water partition coefficient (Wildman–Crippen LogP) is -0.895. The summed E-state index contributed by atoms with van der Waals surface area (Å²) in [6.07, 6.45) is 0. The average molecular weight is 150 g/mol. The van der Waals surface area contributed by atoms with Crippen LogP contribution in [0.2, 0.25) is 0 Å². The molecule has 0 aromatic heterocycles. The minimum Gasteiger partial charge on any atom is -0.476 e. The Bertz CT molecular complexity index is 181. The highest BCUT2D eigenvalue weighted by Gasteiger charge is 2.76. The number of aliphatic hydroxyl groups excluding tert-OH is 1. The summed E-state index contributed by atoms with van der Waals surface area (Å²) in [5, 5.41) is 17.3. The highest BCUT2D eigenvalue weighted by Crippen LogP contribution is 2.50. The van der Waals surface area contributed by atoms with Crippen molar-refractivity contribution in [1.82, 2.24) is 5.09 Å². The van der Waals surface area contributed by atoms with Crippen molar-refractivity contribution in [1.29, 1.82) is 0 Å². The monoisotopic (exact) mass is 150 g/mol. The van der Waals surface area contributed by atoms with Crippen molar-refractivity contribution in [2.24, 2.45) is 0 Å². The van der Waals surface area contributed by atoms with Crippen LogP contribution in [0, 0.1) is 0 Å². The Labute approximate surface area is 51.5 Å². The van der Waals surface area contributed by atoms with E-state index in [1.807, 2.05) is 0 Å². The van der Waals surface area contributed by atoms with Crippen LogP contribution in [0.1, 0.15) is 0 Å². The van der Waals surface area contributed by atoms with Crippen molar-refractivity contribution in [3.05, 3.63) is 0 Å². The zero-order valence-electron chi connectivity index (χ0n) is 4.37. The van der Waals surface area contributed by atoms with Gasteiger partial charge in [-0.05, 0) is 9.65 Å². The van der Waals surface area contributed by atoms with Gasteiger partial charge in [-0.1, -0.05) is 0 Å². The molecule has 1 aliphatic heterocycles. The van der Waals surface area contributed by atoms with E-state index in [0.29, 0.717) is 0 Å². The molecule has 0 aromatic carbocycles. The third-order valence-electron chi connectivity index (χ3n) is 1.17. The standard InChI is InChI=1S/C3H4NO4P/c5-1-3(2(6)7)4-9(3)8/h5H,1H2,(H-,4,6,7,8)/p+1/t3-/m1/s1. The zero-order chi connectivity index (χ0) is 7.07. The van der Waals surface area contributed by atoms with Crippen LogP contribution in [0.25, 0.3) is 0 Å². The lowest BCUT2D eigenvalue weighted by atomic mass is 10.3. The molecule has 3 N–H and O–H groups in total. The van der Waals surface area contributed by atoms with Gasteiger partial charge in [0.1, 0.15) is 6.61 Å². The number of aliphatic carboxylic acids is 1. The number of hydrogen-bond donors (Lipinski definition) is 3. The molecule has 1 aliphatic rings. The lowest BCUT2D eigenvalue weighted by Crippen LogP contribution is -2.30. The van der Waals surface area contributed by atoms with Crippen molar-refractivity contribution in [2.75, 3.05) is 6.61 Å². The molecule has 1 fully saturated rings. The van der Waals surface area contributed by atoms with Gasteiger partial charge in [-0.2, -0.15) is 0 Å². The molecule has 0 amide bonds. The third-order valence-corrected chi connectivity index (χ3v) is 2.66. The summed E-state index contributed by atoms with van der Waals surface area (Å²) in [4.78, 5) is 10.1. The maximum absolute atomic E-state index is 10.4. The van der Waals surface area contributed by atoms with Crippen molar-refractivity contribution >= 4 is 13.9 Å². The topological polar surface area (TPSA) is 96.5 Å². The van der Waals surface area contributed by atoms with Crippen molar-refractivity contribution < 1.29 is 19.6 Å². The first kappa shape index (κ1) is 6.61. The first-order valence-corrected chi connectivity index (χ1v) is 3.49. The number of nitrogens with one attached hydrogen (secondary N) is 1. The summed E-state index contributed by atoms with van der Waals surface area (Å²) in [5.41, 5.74) is 0. The minimum atomic E-state index is -1.91. The van der Waals surface area contributed by atoms with Gasteiger partial charge in [-0.25, -0.2) is 4.79 Å². The quantitative estimate of drug-likeness (QED) is 0.350. The molecule has 1 rings (SSSR count). The molecule has 2 atom stereocenters. The Morgan fingerprint density at radius 1 is 1.78 bits per heavy atom. The van der Waals surface area contributed by atoms with E-state index in [-0.39, 0.29) is 0 Å². The molecule has 1 saturated heterocycles. The normalized spacial score (nSPS) is 36.3. The van der Waals surface area contributed by atoms with Gasteiger partial charge in [0.15, 0.2) is 0 Å². The molecule has 9 heavy (non-hydrogen) atoms. The summed E-state index contributed by atoms with van der Waals surface area (Å²) < 4.78 is 10.4. The van der Waals surface area contributed by atoms with Gasteiger partial charge >= 0.3 is 19.2 Å². The van der Waals surface area contributed by atoms with E-state index in [0.717, 1.165) is 0 Å². The summed E-state index contributed by atoms with van der Waals surface area (Å²) in [6.45, 7) is -0.614. The molecule has 0 bridgehead atoms. The predicted molar refractivity (Wildman–Crippen MR) is 28.2 cm³/mol. The smallest absolute Gasteiger partial charge is 0.476 e. The Morgan fingerprint density at radius 3 is 2.22 bits per heavy atom. The molecule has 5 nitrogen and oxygen atoms in total. The van der Waals surface area contributed by atoms with E-state index in [1.165, 1.54) is 0 Å². The molecular formula is C3H5NO4P+. The molecule has 0 spiro atoms. The van der Waals surface area contributed by atoms with E-state index in [2.05, 4.69) is 5.09 Å².